The molecule has 0 fully saturated rings. The maximum atomic E-state index is 12.7. The van der Waals surface area contributed by atoms with Gasteiger partial charge >= 0.3 is 0 Å². The molecule has 2 rings (SSSR count). The van der Waals surface area contributed by atoms with E-state index in [1.54, 1.807) is 17.8 Å². The molecule has 0 aliphatic rings. The van der Waals surface area contributed by atoms with E-state index in [4.69, 9.17) is 4.74 Å². The van der Waals surface area contributed by atoms with E-state index in [1.807, 2.05) is 25.1 Å². The highest BCUT2D eigenvalue weighted by molar-refractivity contribution is 5.80. The average molecular weight is 300 g/mol. The molecule has 0 radical (unpaired) electrons. The molecule has 0 aliphatic carbocycles. The minimum atomic E-state index is 0.0355. The second kappa shape index (κ2) is 7.38. The molecule has 0 saturated carbocycles. The van der Waals surface area contributed by atoms with Gasteiger partial charge in [-0.3, -0.25) is 4.79 Å². The fraction of sp³-hybridized carbons (Fsp3) is 0.389. The predicted octanol–water partition coefficient (Wildman–Crippen LogP) is 2.62. The Morgan fingerprint density at radius 1 is 1.41 bits per heavy atom. The van der Waals surface area contributed by atoms with Crippen molar-refractivity contribution >= 4 is 10.9 Å². The predicted molar refractivity (Wildman–Crippen MR) is 91.3 cm³/mol. The number of hydrogen-bond donors (Lipinski definition) is 1. The topological polar surface area (TPSA) is 43.3 Å². The molecule has 1 unspecified atom stereocenters. The Hall–Kier alpha value is -1.91. The molecule has 0 amide bonds. The average Bonchev–Trinajstić information content (AvgIpc) is 2.48. The van der Waals surface area contributed by atoms with E-state index in [2.05, 4.69) is 24.9 Å². The molecule has 4 nitrogen and oxygen atoms in total. The first kappa shape index (κ1) is 16.5. The number of aryl methyl sites for hydroxylation is 1. The third-order valence-corrected chi connectivity index (χ3v) is 3.69. The van der Waals surface area contributed by atoms with Crippen molar-refractivity contribution in [3.63, 3.8) is 0 Å². The van der Waals surface area contributed by atoms with Crippen molar-refractivity contribution in [2.24, 2.45) is 0 Å². The van der Waals surface area contributed by atoms with Crippen molar-refractivity contribution < 1.29 is 4.74 Å². The fourth-order valence-electron chi connectivity index (χ4n) is 2.60. The van der Waals surface area contributed by atoms with Gasteiger partial charge in [0.1, 0.15) is 0 Å². The van der Waals surface area contributed by atoms with Crippen molar-refractivity contribution in [3.05, 3.63) is 58.4 Å². The maximum absolute atomic E-state index is 12.7. The van der Waals surface area contributed by atoms with E-state index in [0.717, 1.165) is 16.5 Å². The summed E-state index contributed by atoms with van der Waals surface area (Å²) in [6.07, 6.45) is 1.76. The Kier molecular flexibility index (Phi) is 5.52. The number of pyridine rings is 1. The molecule has 1 aromatic heterocycles. The Balaban J connectivity index is 2.43. The van der Waals surface area contributed by atoms with Gasteiger partial charge in [-0.2, -0.15) is 0 Å². The van der Waals surface area contributed by atoms with Crippen LogP contribution in [0.4, 0.5) is 0 Å². The summed E-state index contributed by atoms with van der Waals surface area (Å²) >= 11 is 0. The van der Waals surface area contributed by atoms with E-state index in [-0.39, 0.29) is 11.6 Å². The zero-order valence-electron chi connectivity index (χ0n) is 13.6. The molecule has 1 aromatic carbocycles. The summed E-state index contributed by atoms with van der Waals surface area (Å²) in [6.45, 7) is 9.52. The summed E-state index contributed by atoms with van der Waals surface area (Å²) < 4.78 is 6.89. The molecule has 4 heteroatoms. The molecule has 1 heterocycles. The normalized spacial score (nSPS) is 12.5. The molecule has 2 aromatic rings. The van der Waals surface area contributed by atoms with Gasteiger partial charge in [-0.25, -0.2) is 0 Å². The summed E-state index contributed by atoms with van der Waals surface area (Å²) in [6, 6.07) is 8.32. The van der Waals surface area contributed by atoms with Crippen LogP contribution in [0.1, 0.15) is 18.1 Å². The molecule has 1 N–H and O–H groups in total. The summed E-state index contributed by atoms with van der Waals surface area (Å²) in [4.78, 5) is 12.7. The first-order valence-electron chi connectivity index (χ1n) is 7.53. The van der Waals surface area contributed by atoms with Crippen LogP contribution in [0, 0.1) is 6.92 Å². The second-order valence-electron chi connectivity index (χ2n) is 5.67. The summed E-state index contributed by atoms with van der Waals surface area (Å²) in [5, 5.41) is 4.41. The van der Waals surface area contributed by atoms with Gasteiger partial charge in [0.05, 0.1) is 12.1 Å². The molecule has 0 saturated heterocycles. The second-order valence-corrected chi connectivity index (χ2v) is 5.67. The third-order valence-electron chi connectivity index (χ3n) is 3.69. The largest absolute Gasteiger partial charge is 0.383 e. The maximum Gasteiger partial charge on any atom is 0.255 e. The van der Waals surface area contributed by atoms with Crippen molar-refractivity contribution in [3.8, 4) is 0 Å². The molecule has 22 heavy (non-hydrogen) atoms. The van der Waals surface area contributed by atoms with E-state index in [0.29, 0.717) is 19.7 Å². The molecule has 118 valence electrons. The highest BCUT2D eigenvalue weighted by Gasteiger charge is 2.10. The number of methoxy groups -OCH3 is 1. The minimum absolute atomic E-state index is 0.0355. The third kappa shape index (κ3) is 3.64. The van der Waals surface area contributed by atoms with E-state index < -0.39 is 0 Å². The molecular weight excluding hydrogens is 276 g/mol. The number of aromatic nitrogens is 1. The van der Waals surface area contributed by atoms with Crippen molar-refractivity contribution in [2.45, 2.75) is 33.0 Å². The number of hydrogen-bond acceptors (Lipinski definition) is 3. The van der Waals surface area contributed by atoms with Crippen molar-refractivity contribution in [1.82, 2.24) is 9.88 Å². The number of nitrogens with zero attached hydrogens (tertiary/aromatic N) is 1. The number of fused-ring (bicyclic) bond motifs is 1. The SMILES string of the molecule is C=CCn1c(=O)c(CNC(C)COC)cc2cc(C)ccc21. The van der Waals surface area contributed by atoms with Crippen LogP contribution < -0.4 is 10.9 Å². The van der Waals surface area contributed by atoms with Gasteiger partial charge in [-0.1, -0.05) is 17.7 Å². The lowest BCUT2D eigenvalue weighted by atomic mass is 10.1. The van der Waals surface area contributed by atoms with Gasteiger partial charge in [-0.15, -0.1) is 6.58 Å². The summed E-state index contributed by atoms with van der Waals surface area (Å²) in [7, 11) is 1.67. The van der Waals surface area contributed by atoms with Crippen LogP contribution >= 0.6 is 0 Å². The number of nitrogens with one attached hydrogen (secondary N) is 1. The van der Waals surface area contributed by atoms with Crippen LogP contribution in [0.3, 0.4) is 0 Å². The minimum Gasteiger partial charge on any atom is -0.383 e. The highest BCUT2D eigenvalue weighted by Crippen LogP contribution is 2.16. The van der Waals surface area contributed by atoms with Crippen molar-refractivity contribution in [2.75, 3.05) is 13.7 Å². The van der Waals surface area contributed by atoms with Gasteiger partial charge in [-0.05, 0) is 37.4 Å². The Labute approximate surface area is 131 Å². The Morgan fingerprint density at radius 2 is 2.18 bits per heavy atom. The first-order chi connectivity index (χ1) is 10.6. The van der Waals surface area contributed by atoms with Gasteiger partial charge in [0.15, 0.2) is 0 Å². The monoisotopic (exact) mass is 300 g/mol. The van der Waals surface area contributed by atoms with Crippen LogP contribution in [0.5, 0.6) is 0 Å². The van der Waals surface area contributed by atoms with Gasteiger partial charge in [0, 0.05) is 31.8 Å². The van der Waals surface area contributed by atoms with Gasteiger partial charge in [0.25, 0.3) is 5.56 Å². The quantitative estimate of drug-likeness (QED) is 0.799. The number of ether oxygens (including phenoxy) is 1. The first-order valence-corrected chi connectivity index (χ1v) is 7.53. The van der Waals surface area contributed by atoms with E-state index in [9.17, 15) is 4.79 Å². The van der Waals surface area contributed by atoms with E-state index in [1.165, 1.54) is 5.56 Å². The zero-order chi connectivity index (χ0) is 16.1. The lowest BCUT2D eigenvalue weighted by molar-refractivity contribution is 0.171. The smallest absolute Gasteiger partial charge is 0.255 e. The van der Waals surface area contributed by atoms with Crippen LogP contribution in [0.25, 0.3) is 10.9 Å². The van der Waals surface area contributed by atoms with Gasteiger partial charge in [0.2, 0.25) is 0 Å². The lowest BCUT2D eigenvalue weighted by Gasteiger charge is -2.15. The van der Waals surface area contributed by atoms with Crippen LogP contribution in [-0.2, 0) is 17.8 Å². The zero-order valence-corrected chi connectivity index (χ0v) is 13.6. The van der Waals surface area contributed by atoms with Gasteiger partial charge < -0.3 is 14.6 Å². The standard InChI is InChI=1S/C18H24N2O2/c1-5-8-20-17-7-6-13(2)9-15(17)10-16(18(20)21)11-19-14(3)12-22-4/h5-7,9-10,14,19H,1,8,11-12H2,2-4H3. The Morgan fingerprint density at radius 3 is 2.86 bits per heavy atom. The van der Waals surface area contributed by atoms with E-state index >= 15 is 0 Å². The number of allylic oxidation sites excluding steroid dienone is 1. The van der Waals surface area contributed by atoms with Crippen LogP contribution in [0.15, 0.2) is 41.7 Å². The Bertz CT molecular complexity index is 719. The molecule has 1 atom stereocenters. The molecule has 0 bridgehead atoms. The lowest BCUT2D eigenvalue weighted by Crippen LogP contribution is -2.33. The molecule has 0 aliphatic heterocycles. The molecular formula is C18H24N2O2. The number of rotatable bonds is 7. The number of benzene rings is 1. The summed E-state index contributed by atoms with van der Waals surface area (Å²) in [5.74, 6) is 0. The van der Waals surface area contributed by atoms with Crippen LogP contribution in [-0.4, -0.2) is 24.3 Å². The van der Waals surface area contributed by atoms with Crippen LogP contribution in [0.2, 0.25) is 0 Å². The van der Waals surface area contributed by atoms with Crippen molar-refractivity contribution in [1.29, 1.82) is 0 Å². The fourth-order valence-corrected chi connectivity index (χ4v) is 2.60. The molecule has 0 spiro atoms. The summed E-state index contributed by atoms with van der Waals surface area (Å²) in [5.41, 5.74) is 2.93. The highest BCUT2D eigenvalue weighted by atomic mass is 16.5.